The molecule has 0 radical (unpaired) electrons. The fraction of sp³-hybridized carbons (Fsp3) is 0.500. The lowest BCUT2D eigenvalue weighted by molar-refractivity contribution is -0.0435. The Morgan fingerprint density at radius 2 is 1.93 bits per heavy atom. The van der Waals surface area contributed by atoms with Gasteiger partial charge in [0.25, 0.3) is 0 Å². The molecule has 0 amide bonds. The first-order valence-corrected chi connectivity index (χ1v) is 5.13. The molecule has 15 heavy (non-hydrogen) atoms. The van der Waals surface area contributed by atoms with Crippen molar-refractivity contribution in [3.63, 3.8) is 0 Å². The van der Waals surface area contributed by atoms with E-state index in [0.717, 1.165) is 6.42 Å². The number of hydrogen-bond donors (Lipinski definition) is 2. The van der Waals surface area contributed by atoms with Crippen LogP contribution in [0.4, 0.5) is 0 Å². The van der Waals surface area contributed by atoms with Crippen molar-refractivity contribution in [2.24, 2.45) is 0 Å². The molecule has 0 aliphatic heterocycles. The number of hydrogen-bond acceptors (Lipinski definition) is 3. The lowest BCUT2D eigenvalue weighted by Gasteiger charge is -2.19. The second-order valence-electron chi connectivity index (χ2n) is 3.55. The van der Waals surface area contributed by atoms with Crippen molar-refractivity contribution in [2.75, 3.05) is 13.7 Å². The van der Waals surface area contributed by atoms with E-state index in [1.54, 1.807) is 0 Å². The van der Waals surface area contributed by atoms with E-state index in [9.17, 15) is 5.11 Å². The van der Waals surface area contributed by atoms with Gasteiger partial charge in [-0.25, -0.2) is 0 Å². The molecule has 0 aromatic heterocycles. The molecule has 84 valence electrons. The standard InChI is InChI=1S/C12H18O3/c1-15-12(9-13)11(14)8-7-10-5-3-2-4-6-10/h2-6,11-14H,7-9H2,1H3/t11-,12+/m0/s1. The normalized spacial score (nSPS) is 14.9. The van der Waals surface area contributed by atoms with Gasteiger partial charge in [0.15, 0.2) is 0 Å². The predicted octanol–water partition coefficient (Wildman–Crippen LogP) is 0.987. The van der Waals surface area contributed by atoms with Gasteiger partial charge in [-0.2, -0.15) is 0 Å². The fourth-order valence-corrected chi connectivity index (χ4v) is 1.50. The molecule has 2 N–H and O–H groups in total. The zero-order valence-electron chi connectivity index (χ0n) is 8.97. The molecule has 3 nitrogen and oxygen atoms in total. The molecule has 2 atom stereocenters. The van der Waals surface area contributed by atoms with Gasteiger partial charge in [0.2, 0.25) is 0 Å². The maximum atomic E-state index is 9.69. The summed E-state index contributed by atoms with van der Waals surface area (Å²) in [4.78, 5) is 0. The van der Waals surface area contributed by atoms with Crippen LogP contribution in [0.2, 0.25) is 0 Å². The van der Waals surface area contributed by atoms with Gasteiger partial charge in [0, 0.05) is 7.11 Å². The van der Waals surface area contributed by atoms with Crippen LogP contribution in [0, 0.1) is 0 Å². The summed E-state index contributed by atoms with van der Waals surface area (Å²) >= 11 is 0. The van der Waals surface area contributed by atoms with Gasteiger partial charge in [0.05, 0.1) is 12.7 Å². The molecule has 0 heterocycles. The molecule has 0 saturated carbocycles. The first-order chi connectivity index (χ1) is 7.27. The Morgan fingerprint density at radius 3 is 2.47 bits per heavy atom. The number of methoxy groups -OCH3 is 1. The zero-order valence-corrected chi connectivity index (χ0v) is 8.97. The van der Waals surface area contributed by atoms with Crippen molar-refractivity contribution in [2.45, 2.75) is 25.0 Å². The minimum Gasteiger partial charge on any atom is -0.394 e. The van der Waals surface area contributed by atoms with Gasteiger partial charge >= 0.3 is 0 Å². The Hall–Kier alpha value is -0.900. The van der Waals surface area contributed by atoms with Crippen LogP contribution in [0.15, 0.2) is 30.3 Å². The lowest BCUT2D eigenvalue weighted by atomic mass is 10.0. The van der Waals surface area contributed by atoms with E-state index >= 15 is 0 Å². The molecule has 3 heteroatoms. The number of aryl methyl sites for hydroxylation is 1. The van der Waals surface area contributed by atoms with Crippen LogP contribution in [0.25, 0.3) is 0 Å². The van der Waals surface area contributed by atoms with E-state index in [2.05, 4.69) is 0 Å². The molecular weight excluding hydrogens is 192 g/mol. The largest absolute Gasteiger partial charge is 0.394 e. The molecule has 0 aliphatic carbocycles. The molecule has 1 aromatic carbocycles. The van der Waals surface area contributed by atoms with Gasteiger partial charge in [-0.3, -0.25) is 0 Å². The van der Waals surface area contributed by atoms with E-state index in [1.807, 2.05) is 30.3 Å². The summed E-state index contributed by atoms with van der Waals surface area (Å²) in [5.74, 6) is 0. The zero-order chi connectivity index (χ0) is 11.1. The molecular formula is C12H18O3. The van der Waals surface area contributed by atoms with Gasteiger partial charge in [-0.15, -0.1) is 0 Å². The lowest BCUT2D eigenvalue weighted by Crippen LogP contribution is -2.31. The number of aliphatic hydroxyl groups is 2. The topological polar surface area (TPSA) is 49.7 Å². The first-order valence-electron chi connectivity index (χ1n) is 5.13. The first kappa shape index (κ1) is 12.2. The molecule has 1 rings (SSSR count). The van der Waals surface area contributed by atoms with E-state index in [0.29, 0.717) is 6.42 Å². The highest BCUT2D eigenvalue weighted by atomic mass is 16.5. The minimum atomic E-state index is -0.611. The van der Waals surface area contributed by atoms with Crippen LogP contribution in [-0.2, 0) is 11.2 Å². The summed E-state index contributed by atoms with van der Waals surface area (Å²) in [6.07, 6.45) is 0.305. The van der Waals surface area contributed by atoms with E-state index in [4.69, 9.17) is 9.84 Å². The van der Waals surface area contributed by atoms with Crippen molar-refractivity contribution < 1.29 is 14.9 Å². The summed E-state index contributed by atoms with van der Waals surface area (Å²) < 4.78 is 4.95. The van der Waals surface area contributed by atoms with Crippen molar-refractivity contribution >= 4 is 0 Å². The Morgan fingerprint density at radius 1 is 1.27 bits per heavy atom. The van der Waals surface area contributed by atoms with Gasteiger partial charge in [-0.05, 0) is 18.4 Å². The molecule has 0 aliphatic rings. The van der Waals surface area contributed by atoms with Crippen LogP contribution < -0.4 is 0 Å². The second kappa shape index (κ2) is 6.56. The molecule has 1 aromatic rings. The van der Waals surface area contributed by atoms with Crippen molar-refractivity contribution in [3.05, 3.63) is 35.9 Å². The maximum absolute atomic E-state index is 9.69. The third-order valence-corrected chi connectivity index (χ3v) is 2.48. The number of benzene rings is 1. The van der Waals surface area contributed by atoms with Crippen LogP contribution in [0.5, 0.6) is 0 Å². The van der Waals surface area contributed by atoms with E-state index < -0.39 is 12.2 Å². The summed E-state index contributed by atoms with van der Waals surface area (Å²) in [7, 11) is 1.49. The fourth-order valence-electron chi connectivity index (χ4n) is 1.50. The van der Waals surface area contributed by atoms with Crippen LogP contribution in [-0.4, -0.2) is 36.1 Å². The third-order valence-electron chi connectivity index (χ3n) is 2.48. The third kappa shape index (κ3) is 4.00. The van der Waals surface area contributed by atoms with E-state index in [-0.39, 0.29) is 6.61 Å². The molecule has 0 saturated heterocycles. The van der Waals surface area contributed by atoms with Gasteiger partial charge in [0.1, 0.15) is 6.10 Å². The molecule has 0 spiro atoms. The van der Waals surface area contributed by atoms with Crippen LogP contribution >= 0.6 is 0 Å². The van der Waals surface area contributed by atoms with E-state index in [1.165, 1.54) is 12.7 Å². The second-order valence-corrected chi connectivity index (χ2v) is 3.55. The van der Waals surface area contributed by atoms with Gasteiger partial charge in [-0.1, -0.05) is 30.3 Å². The predicted molar refractivity (Wildman–Crippen MR) is 58.7 cm³/mol. The smallest absolute Gasteiger partial charge is 0.106 e. The quantitative estimate of drug-likeness (QED) is 0.736. The highest BCUT2D eigenvalue weighted by molar-refractivity contribution is 5.14. The Balaban J connectivity index is 2.36. The van der Waals surface area contributed by atoms with Crippen LogP contribution in [0.1, 0.15) is 12.0 Å². The average Bonchev–Trinajstić information content (AvgIpc) is 2.29. The SMILES string of the molecule is CO[C@H](CO)[C@@H](O)CCc1ccccc1. The molecule has 0 unspecified atom stereocenters. The van der Waals surface area contributed by atoms with Crippen LogP contribution in [0.3, 0.4) is 0 Å². The van der Waals surface area contributed by atoms with Gasteiger partial charge < -0.3 is 14.9 Å². The summed E-state index contributed by atoms with van der Waals surface area (Å²) in [5.41, 5.74) is 1.18. The summed E-state index contributed by atoms with van der Waals surface area (Å²) in [5, 5.41) is 18.6. The Bertz CT molecular complexity index is 257. The number of aliphatic hydroxyl groups excluding tert-OH is 2. The highest BCUT2D eigenvalue weighted by Gasteiger charge is 2.16. The average molecular weight is 210 g/mol. The van der Waals surface area contributed by atoms with Crippen molar-refractivity contribution in [1.82, 2.24) is 0 Å². The minimum absolute atomic E-state index is 0.146. The van der Waals surface area contributed by atoms with Crippen molar-refractivity contribution in [3.8, 4) is 0 Å². The molecule has 0 bridgehead atoms. The Kier molecular flexibility index (Phi) is 5.32. The number of ether oxygens (including phenoxy) is 1. The summed E-state index contributed by atoms with van der Waals surface area (Å²) in [6.45, 7) is -0.146. The van der Waals surface area contributed by atoms with Crippen molar-refractivity contribution in [1.29, 1.82) is 0 Å². The highest BCUT2D eigenvalue weighted by Crippen LogP contribution is 2.08. The molecule has 0 fully saturated rings. The maximum Gasteiger partial charge on any atom is 0.106 e. The monoisotopic (exact) mass is 210 g/mol. The Labute approximate surface area is 90.3 Å². The number of rotatable bonds is 6. The summed E-state index contributed by atoms with van der Waals surface area (Å²) in [6, 6.07) is 9.95.